The fourth-order valence-corrected chi connectivity index (χ4v) is 0.631. The molecule has 0 aromatic carbocycles. The molecular weight excluding hydrogens is 168 g/mol. The smallest absolute Gasteiger partial charge is 0.293 e. The first kappa shape index (κ1) is 7.94. The van der Waals surface area contributed by atoms with E-state index in [-0.39, 0.29) is 6.61 Å². The van der Waals surface area contributed by atoms with Gasteiger partial charge in [0.15, 0.2) is 0 Å². The molecule has 0 aliphatic heterocycles. The fraction of sp³-hybridized carbons (Fsp3) is 0.167. The van der Waals surface area contributed by atoms with E-state index in [0.717, 1.165) is 0 Å². The van der Waals surface area contributed by atoms with Crippen LogP contribution in [-0.4, -0.2) is 16.4 Å². The highest BCUT2D eigenvalue weighted by Gasteiger charge is 1.94. The van der Waals surface area contributed by atoms with Gasteiger partial charge < -0.3 is 4.74 Å². The summed E-state index contributed by atoms with van der Waals surface area (Å²) >= 11 is 5.46. The van der Waals surface area contributed by atoms with Gasteiger partial charge >= 0.3 is 0 Å². The minimum Gasteiger partial charge on any atom is -0.461 e. The second-order valence-electron chi connectivity index (χ2n) is 1.74. The van der Waals surface area contributed by atoms with Gasteiger partial charge in [-0.3, -0.25) is 9.78 Å². The summed E-state index contributed by atoms with van der Waals surface area (Å²) in [7, 11) is 0. The van der Waals surface area contributed by atoms with Crippen molar-refractivity contribution in [2.45, 2.75) is 6.61 Å². The molecule has 0 aliphatic rings. The van der Waals surface area contributed by atoms with Gasteiger partial charge in [-0.25, -0.2) is 4.98 Å². The summed E-state index contributed by atoms with van der Waals surface area (Å²) in [5, 5.41) is 0.319. The van der Waals surface area contributed by atoms with Gasteiger partial charge in [0.1, 0.15) is 11.8 Å². The van der Waals surface area contributed by atoms with Crippen LogP contribution in [0.15, 0.2) is 12.4 Å². The number of carbonyl (C=O) groups is 1. The number of carbonyl (C=O) groups excluding carboxylic acids is 1. The van der Waals surface area contributed by atoms with Crippen LogP contribution in [0.4, 0.5) is 0 Å². The molecule has 58 valence electrons. The van der Waals surface area contributed by atoms with Gasteiger partial charge in [-0.1, -0.05) is 11.6 Å². The molecule has 0 spiro atoms. The molecule has 0 aliphatic carbocycles. The van der Waals surface area contributed by atoms with E-state index in [1.807, 2.05) is 0 Å². The molecule has 0 N–H and O–H groups in total. The summed E-state index contributed by atoms with van der Waals surface area (Å²) in [6.07, 6.45) is 2.84. The largest absolute Gasteiger partial charge is 0.461 e. The van der Waals surface area contributed by atoms with Gasteiger partial charge in [-0.2, -0.15) is 0 Å². The van der Waals surface area contributed by atoms with E-state index in [1.165, 1.54) is 12.4 Å². The van der Waals surface area contributed by atoms with Crippen molar-refractivity contribution >= 4 is 18.1 Å². The lowest BCUT2D eigenvalue weighted by atomic mass is 10.5. The van der Waals surface area contributed by atoms with Crippen LogP contribution >= 0.6 is 11.6 Å². The lowest BCUT2D eigenvalue weighted by Crippen LogP contribution is -1.94. The molecule has 0 unspecified atom stereocenters. The molecule has 1 rings (SSSR count). The second kappa shape index (κ2) is 3.88. The summed E-state index contributed by atoms with van der Waals surface area (Å²) in [5.41, 5.74) is 0.571. The third-order valence-electron chi connectivity index (χ3n) is 0.973. The number of hydrogen-bond donors (Lipinski definition) is 0. The predicted octanol–water partition coefficient (Wildman–Crippen LogP) is 0.803. The number of halogens is 1. The zero-order chi connectivity index (χ0) is 8.10. The van der Waals surface area contributed by atoms with Crippen molar-refractivity contribution in [2.75, 3.05) is 0 Å². The van der Waals surface area contributed by atoms with Crippen molar-refractivity contribution in [1.82, 2.24) is 9.97 Å². The average Bonchev–Trinajstić information content (AvgIpc) is 2.04. The summed E-state index contributed by atoms with van der Waals surface area (Å²) < 4.78 is 4.43. The highest BCUT2D eigenvalue weighted by Crippen LogP contribution is 2.01. The predicted molar refractivity (Wildman–Crippen MR) is 37.9 cm³/mol. The molecule has 0 fully saturated rings. The Hall–Kier alpha value is -1.16. The number of hydrogen-bond acceptors (Lipinski definition) is 4. The Morgan fingerprint density at radius 1 is 1.55 bits per heavy atom. The quantitative estimate of drug-likeness (QED) is 0.633. The molecule has 0 saturated carbocycles. The van der Waals surface area contributed by atoms with Crippen molar-refractivity contribution < 1.29 is 9.53 Å². The molecule has 0 saturated heterocycles. The molecule has 1 aromatic rings. The van der Waals surface area contributed by atoms with Crippen LogP contribution in [0.1, 0.15) is 5.69 Å². The monoisotopic (exact) mass is 172 g/mol. The van der Waals surface area contributed by atoms with E-state index in [4.69, 9.17) is 11.6 Å². The Kier molecular flexibility index (Phi) is 2.80. The van der Waals surface area contributed by atoms with Gasteiger partial charge in [0.25, 0.3) is 6.47 Å². The number of ether oxygens (including phenoxy) is 1. The Morgan fingerprint density at radius 2 is 2.36 bits per heavy atom. The molecule has 5 heteroatoms. The number of rotatable bonds is 3. The zero-order valence-corrected chi connectivity index (χ0v) is 6.28. The Balaban J connectivity index is 2.58. The molecular formula is C6H5ClN2O2. The van der Waals surface area contributed by atoms with Crippen molar-refractivity contribution in [1.29, 1.82) is 0 Å². The van der Waals surface area contributed by atoms with Crippen LogP contribution in [0.25, 0.3) is 0 Å². The van der Waals surface area contributed by atoms with Gasteiger partial charge in [0.2, 0.25) is 0 Å². The SMILES string of the molecule is O=COCc1cnc(Cl)cn1. The maximum absolute atomic E-state index is 9.75. The van der Waals surface area contributed by atoms with E-state index in [2.05, 4.69) is 14.7 Å². The molecule has 1 heterocycles. The zero-order valence-electron chi connectivity index (χ0n) is 5.53. The van der Waals surface area contributed by atoms with E-state index < -0.39 is 0 Å². The average molecular weight is 173 g/mol. The molecule has 1 aromatic heterocycles. The minimum atomic E-state index is 0.133. The van der Waals surface area contributed by atoms with E-state index in [1.54, 1.807) is 0 Å². The summed E-state index contributed by atoms with van der Waals surface area (Å²) in [6, 6.07) is 0. The standard InChI is InChI=1S/C6H5ClN2O2/c7-6-2-8-5(1-9-6)3-11-4-10/h1-2,4H,3H2. The molecule has 0 bridgehead atoms. The van der Waals surface area contributed by atoms with Gasteiger partial charge in [0, 0.05) is 0 Å². The lowest BCUT2D eigenvalue weighted by molar-refractivity contribution is -0.129. The van der Waals surface area contributed by atoms with Gasteiger partial charge in [-0.05, 0) is 0 Å². The van der Waals surface area contributed by atoms with E-state index in [0.29, 0.717) is 17.3 Å². The van der Waals surface area contributed by atoms with Crippen molar-refractivity contribution in [3.05, 3.63) is 23.2 Å². The first-order chi connectivity index (χ1) is 5.33. The summed E-state index contributed by atoms with van der Waals surface area (Å²) in [6.45, 7) is 0.490. The molecule has 4 nitrogen and oxygen atoms in total. The topological polar surface area (TPSA) is 52.1 Å². The molecule has 0 radical (unpaired) electrons. The van der Waals surface area contributed by atoms with E-state index in [9.17, 15) is 4.79 Å². The number of aromatic nitrogens is 2. The molecule has 0 amide bonds. The molecule has 0 atom stereocenters. The Bertz CT molecular complexity index is 237. The highest BCUT2D eigenvalue weighted by atomic mass is 35.5. The Labute approximate surface area is 68.2 Å². The van der Waals surface area contributed by atoms with Crippen molar-refractivity contribution in [3.8, 4) is 0 Å². The Morgan fingerprint density at radius 3 is 2.91 bits per heavy atom. The maximum atomic E-state index is 9.75. The number of nitrogens with zero attached hydrogens (tertiary/aromatic N) is 2. The molecule has 11 heavy (non-hydrogen) atoms. The van der Waals surface area contributed by atoms with Gasteiger partial charge in [-0.15, -0.1) is 0 Å². The summed E-state index contributed by atoms with van der Waals surface area (Å²) in [4.78, 5) is 17.3. The van der Waals surface area contributed by atoms with E-state index >= 15 is 0 Å². The first-order valence-electron chi connectivity index (χ1n) is 2.84. The summed E-state index contributed by atoms with van der Waals surface area (Å²) in [5.74, 6) is 0. The van der Waals surface area contributed by atoms with Crippen LogP contribution in [0.3, 0.4) is 0 Å². The van der Waals surface area contributed by atoms with Crippen LogP contribution in [0, 0.1) is 0 Å². The lowest BCUT2D eigenvalue weighted by Gasteiger charge is -1.96. The maximum Gasteiger partial charge on any atom is 0.293 e. The van der Waals surface area contributed by atoms with Crippen LogP contribution in [0.5, 0.6) is 0 Å². The second-order valence-corrected chi connectivity index (χ2v) is 2.12. The fourth-order valence-electron chi connectivity index (χ4n) is 0.533. The first-order valence-corrected chi connectivity index (χ1v) is 3.22. The highest BCUT2D eigenvalue weighted by molar-refractivity contribution is 6.29. The third kappa shape index (κ3) is 2.51. The van der Waals surface area contributed by atoms with Crippen molar-refractivity contribution in [3.63, 3.8) is 0 Å². The van der Waals surface area contributed by atoms with Crippen molar-refractivity contribution in [2.24, 2.45) is 0 Å². The van der Waals surface area contributed by atoms with Crippen LogP contribution in [-0.2, 0) is 16.1 Å². The third-order valence-corrected chi connectivity index (χ3v) is 1.17. The van der Waals surface area contributed by atoms with Crippen LogP contribution < -0.4 is 0 Å². The minimum absolute atomic E-state index is 0.133. The van der Waals surface area contributed by atoms with Crippen LogP contribution in [0.2, 0.25) is 5.15 Å². The van der Waals surface area contributed by atoms with Gasteiger partial charge in [0.05, 0.1) is 18.1 Å². The normalized spacial score (nSPS) is 9.18.